The number of hydrogen-bond donors (Lipinski definition) is 2. The van der Waals surface area contributed by atoms with Gasteiger partial charge in [-0.2, -0.15) is 0 Å². The van der Waals surface area contributed by atoms with Crippen molar-refractivity contribution in [1.29, 1.82) is 0 Å². The molecule has 7 heteroatoms. The molecule has 1 aliphatic heterocycles. The Kier molecular flexibility index (Phi) is 4.51. The van der Waals surface area contributed by atoms with Gasteiger partial charge in [0, 0.05) is 35.1 Å². The van der Waals surface area contributed by atoms with Crippen LogP contribution in [0.15, 0.2) is 85.5 Å². The summed E-state index contributed by atoms with van der Waals surface area (Å²) in [7, 11) is 0. The summed E-state index contributed by atoms with van der Waals surface area (Å²) in [6.07, 6.45) is 6.81. The summed E-state index contributed by atoms with van der Waals surface area (Å²) >= 11 is 0. The maximum Gasteiger partial charge on any atom is 0.257 e. The van der Waals surface area contributed by atoms with Gasteiger partial charge in [-0.1, -0.05) is 36.4 Å². The second-order valence-electron chi connectivity index (χ2n) is 7.63. The van der Waals surface area contributed by atoms with Crippen molar-refractivity contribution in [2.45, 2.75) is 0 Å². The Hall–Kier alpha value is -4.65. The van der Waals surface area contributed by atoms with Crippen LogP contribution in [0.2, 0.25) is 0 Å². The third kappa shape index (κ3) is 3.45. The van der Waals surface area contributed by atoms with Crippen LogP contribution < -0.4 is 14.8 Å². The molecule has 0 unspecified atom stereocenters. The molecule has 0 aliphatic carbocycles. The number of benzene rings is 2. The number of amides is 1. The molecule has 1 aliphatic rings. The van der Waals surface area contributed by atoms with Crippen molar-refractivity contribution < 1.29 is 14.3 Å². The van der Waals surface area contributed by atoms with Crippen LogP contribution in [0.5, 0.6) is 11.5 Å². The fourth-order valence-corrected chi connectivity index (χ4v) is 3.98. The number of hydrogen-bond acceptors (Lipinski definition) is 5. The van der Waals surface area contributed by atoms with Crippen molar-refractivity contribution in [2.75, 3.05) is 12.1 Å². The zero-order valence-corrected chi connectivity index (χ0v) is 17.4. The first-order chi connectivity index (χ1) is 16.3. The van der Waals surface area contributed by atoms with Crippen molar-refractivity contribution in [3.63, 3.8) is 0 Å². The van der Waals surface area contributed by atoms with Crippen molar-refractivity contribution in [3.05, 3.63) is 91.0 Å². The average Bonchev–Trinajstić information content (AvgIpc) is 3.51. The van der Waals surface area contributed by atoms with Crippen molar-refractivity contribution in [2.24, 2.45) is 0 Å². The second kappa shape index (κ2) is 7.80. The number of carbonyl (C=O) groups is 1. The van der Waals surface area contributed by atoms with E-state index in [-0.39, 0.29) is 12.7 Å². The van der Waals surface area contributed by atoms with Crippen molar-refractivity contribution in [3.8, 4) is 33.8 Å². The summed E-state index contributed by atoms with van der Waals surface area (Å²) in [5.74, 6) is 1.14. The highest BCUT2D eigenvalue weighted by Crippen LogP contribution is 2.38. The molecular weight excluding hydrogens is 416 g/mol. The SMILES string of the molecule is O=C(Nc1cnccc1-c1ccc2c(c1)OCO2)c1c[nH]c2ncc(-c3ccccc3)cc12. The summed E-state index contributed by atoms with van der Waals surface area (Å²) in [5, 5.41) is 3.76. The number of pyridine rings is 2. The fourth-order valence-electron chi connectivity index (χ4n) is 3.98. The molecule has 0 spiro atoms. The maximum absolute atomic E-state index is 13.3. The van der Waals surface area contributed by atoms with E-state index in [1.165, 1.54) is 0 Å². The van der Waals surface area contributed by atoms with Crippen LogP contribution in [0.4, 0.5) is 5.69 Å². The van der Waals surface area contributed by atoms with E-state index in [2.05, 4.69) is 20.3 Å². The lowest BCUT2D eigenvalue weighted by molar-refractivity contribution is 0.102. The third-order valence-corrected chi connectivity index (χ3v) is 5.64. The van der Waals surface area contributed by atoms with Gasteiger partial charge in [0.2, 0.25) is 6.79 Å². The van der Waals surface area contributed by atoms with E-state index >= 15 is 0 Å². The zero-order chi connectivity index (χ0) is 22.2. The number of nitrogens with zero attached hydrogens (tertiary/aromatic N) is 2. The van der Waals surface area contributed by atoms with Crippen LogP contribution in [-0.2, 0) is 0 Å². The van der Waals surface area contributed by atoms with Crippen LogP contribution >= 0.6 is 0 Å². The molecule has 6 rings (SSSR count). The molecule has 1 amide bonds. The van der Waals surface area contributed by atoms with Gasteiger partial charge in [0.25, 0.3) is 5.91 Å². The molecule has 0 atom stereocenters. The lowest BCUT2D eigenvalue weighted by Gasteiger charge is -2.11. The van der Waals surface area contributed by atoms with Gasteiger partial charge in [0.05, 0.1) is 17.4 Å². The molecule has 160 valence electrons. The standard InChI is InChI=1S/C26H18N4O3/c31-26(21-13-29-25-20(21)10-18(12-28-25)16-4-2-1-3-5-16)30-22-14-27-9-8-19(22)17-6-7-23-24(11-17)33-15-32-23/h1-14H,15H2,(H,28,29)(H,30,31). The number of ether oxygens (including phenoxy) is 2. The first-order valence-electron chi connectivity index (χ1n) is 10.4. The Labute approximate surface area is 189 Å². The molecule has 7 nitrogen and oxygen atoms in total. The van der Waals surface area contributed by atoms with E-state index < -0.39 is 0 Å². The summed E-state index contributed by atoms with van der Waals surface area (Å²) < 4.78 is 10.9. The lowest BCUT2D eigenvalue weighted by atomic mass is 10.0. The monoisotopic (exact) mass is 434 g/mol. The predicted molar refractivity (Wildman–Crippen MR) is 125 cm³/mol. The summed E-state index contributed by atoms with van der Waals surface area (Å²) in [6.45, 7) is 0.207. The fraction of sp³-hybridized carbons (Fsp3) is 0.0385. The number of aromatic amines is 1. The van der Waals surface area contributed by atoms with Crippen LogP contribution in [-0.4, -0.2) is 27.7 Å². The Morgan fingerprint density at radius 1 is 0.909 bits per heavy atom. The van der Waals surface area contributed by atoms with Gasteiger partial charge in [-0.25, -0.2) is 4.98 Å². The Morgan fingerprint density at radius 2 is 1.79 bits per heavy atom. The quantitative estimate of drug-likeness (QED) is 0.402. The number of rotatable bonds is 4. The zero-order valence-electron chi connectivity index (χ0n) is 17.4. The Balaban J connectivity index is 1.34. The highest BCUT2D eigenvalue weighted by molar-refractivity contribution is 6.13. The molecule has 4 heterocycles. The summed E-state index contributed by atoms with van der Waals surface area (Å²) in [4.78, 5) is 25.1. The van der Waals surface area contributed by atoms with Gasteiger partial charge in [0.15, 0.2) is 11.5 Å². The number of anilines is 1. The smallest absolute Gasteiger partial charge is 0.257 e. The minimum absolute atomic E-state index is 0.207. The van der Waals surface area contributed by atoms with E-state index in [9.17, 15) is 4.79 Å². The van der Waals surface area contributed by atoms with Crippen LogP contribution in [0.25, 0.3) is 33.3 Å². The maximum atomic E-state index is 13.3. The van der Waals surface area contributed by atoms with E-state index in [4.69, 9.17) is 9.47 Å². The van der Waals surface area contributed by atoms with E-state index in [1.54, 1.807) is 24.8 Å². The van der Waals surface area contributed by atoms with Crippen LogP contribution in [0, 0.1) is 0 Å². The molecule has 33 heavy (non-hydrogen) atoms. The van der Waals surface area contributed by atoms with Crippen molar-refractivity contribution >= 4 is 22.6 Å². The van der Waals surface area contributed by atoms with Gasteiger partial charge in [-0.15, -0.1) is 0 Å². The van der Waals surface area contributed by atoms with Gasteiger partial charge < -0.3 is 19.8 Å². The van der Waals surface area contributed by atoms with E-state index in [0.717, 1.165) is 27.6 Å². The van der Waals surface area contributed by atoms with Crippen LogP contribution in [0.3, 0.4) is 0 Å². The minimum Gasteiger partial charge on any atom is -0.454 e. The largest absolute Gasteiger partial charge is 0.454 e. The lowest BCUT2D eigenvalue weighted by Crippen LogP contribution is -2.12. The molecule has 0 saturated heterocycles. The highest BCUT2D eigenvalue weighted by Gasteiger charge is 2.18. The first kappa shape index (κ1) is 19.1. The summed E-state index contributed by atoms with van der Waals surface area (Å²) in [6, 6.07) is 19.5. The van der Waals surface area contributed by atoms with Crippen LogP contribution in [0.1, 0.15) is 10.4 Å². The molecule has 0 bridgehead atoms. The molecule has 2 N–H and O–H groups in total. The molecule has 0 saturated carbocycles. The minimum atomic E-state index is -0.247. The molecule has 5 aromatic rings. The second-order valence-corrected chi connectivity index (χ2v) is 7.63. The molecule has 3 aromatic heterocycles. The third-order valence-electron chi connectivity index (χ3n) is 5.64. The number of carbonyl (C=O) groups excluding carboxylic acids is 1. The Bertz CT molecular complexity index is 1490. The van der Waals surface area contributed by atoms with Crippen molar-refractivity contribution in [1.82, 2.24) is 15.0 Å². The number of aromatic nitrogens is 3. The van der Waals surface area contributed by atoms with E-state index in [0.29, 0.717) is 28.4 Å². The Morgan fingerprint density at radius 3 is 2.70 bits per heavy atom. The molecule has 2 aromatic carbocycles. The topological polar surface area (TPSA) is 89.1 Å². The normalized spacial score (nSPS) is 12.1. The molecular formula is C26H18N4O3. The predicted octanol–water partition coefficient (Wildman–Crippen LogP) is 5.27. The number of H-pyrrole nitrogens is 1. The highest BCUT2D eigenvalue weighted by atomic mass is 16.7. The van der Waals surface area contributed by atoms with Gasteiger partial charge >= 0.3 is 0 Å². The first-order valence-corrected chi connectivity index (χ1v) is 10.4. The summed E-state index contributed by atoms with van der Waals surface area (Å²) in [5.41, 5.74) is 5.47. The average molecular weight is 434 g/mol. The number of fused-ring (bicyclic) bond motifs is 2. The number of nitrogens with one attached hydrogen (secondary N) is 2. The molecule has 0 radical (unpaired) electrons. The van der Waals surface area contributed by atoms with Gasteiger partial charge in [-0.05, 0) is 35.4 Å². The van der Waals surface area contributed by atoms with E-state index in [1.807, 2.05) is 60.7 Å². The molecule has 0 fully saturated rings. The van der Waals surface area contributed by atoms with Gasteiger partial charge in [0.1, 0.15) is 5.65 Å². The van der Waals surface area contributed by atoms with Gasteiger partial charge in [-0.3, -0.25) is 9.78 Å².